The van der Waals surface area contributed by atoms with Crippen LogP contribution in [0.25, 0.3) is 0 Å². The largest absolute Gasteiger partial charge is 0.444 e. The van der Waals surface area contributed by atoms with Crippen molar-refractivity contribution >= 4 is 18.5 Å². The summed E-state index contributed by atoms with van der Waals surface area (Å²) >= 11 is 0. The van der Waals surface area contributed by atoms with Crippen LogP contribution in [-0.4, -0.2) is 30.0 Å². The number of alkyl carbamates (subject to hydrolysis) is 1. The minimum Gasteiger partial charge on any atom is -0.444 e. The number of nitrogens with zero attached hydrogens (tertiary/aromatic N) is 1. The number of ether oxygens (including phenoxy) is 1. The number of benzene rings is 1. The monoisotopic (exact) mass is 267 g/mol. The minimum atomic E-state index is -0.571. The molecule has 0 bridgehead atoms. The van der Waals surface area contributed by atoms with E-state index >= 15 is 0 Å². The van der Waals surface area contributed by atoms with E-state index in [1.54, 1.807) is 44.5 Å². The lowest BCUT2D eigenvalue weighted by Gasteiger charge is -2.19. The number of halogens is 1. The maximum atomic E-state index is 13.6. The lowest BCUT2D eigenvalue weighted by molar-refractivity contribution is -0.394. The van der Waals surface area contributed by atoms with Gasteiger partial charge >= 0.3 is 6.09 Å². The van der Waals surface area contributed by atoms with E-state index in [1.807, 2.05) is 0 Å². The molecule has 0 unspecified atom stereocenters. The van der Waals surface area contributed by atoms with Crippen LogP contribution >= 0.6 is 0 Å². The second kappa shape index (κ2) is 5.82. The molecule has 1 rings (SSSR count). The summed E-state index contributed by atoms with van der Waals surface area (Å²) in [5.74, 6) is -0.373. The quantitative estimate of drug-likeness (QED) is 0.676. The van der Waals surface area contributed by atoms with E-state index in [0.29, 0.717) is 5.56 Å². The third-order valence-corrected chi connectivity index (χ3v) is 2.29. The van der Waals surface area contributed by atoms with Gasteiger partial charge in [0.25, 0.3) is 0 Å². The van der Waals surface area contributed by atoms with Gasteiger partial charge in [0.05, 0.1) is 0 Å². The summed E-state index contributed by atoms with van der Waals surface area (Å²) in [6, 6.07) is 4.61. The summed E-state index contributed by atoms with van der Waals surface area (Å²) in [6.07, 6.45) is -0.569. The smallest absolute Gasteiger partial charge is 0.407 e. The topological polar surface area (TPSA) is 41.3 Å². The van der Waals surface area contributed by atoms with Crippen LogP contribution in [0, 0.1) is 5.82 Å². The van der Waals surface area contributed by atoms with E-state index in [2.05, 4.69) is 12.0 Å². The zero-order valence-electron chi connectivity index (χ0n) is 11.8. The van der Waals surface area contributed by atoms with Crippen LogP contribution in [0.4, 0.5) is 14.9 Å². The summed E-state index contributed by atoms with van der Waals surface area (Å²) in [7, 11) is 1.76. The number of nitrogens with one attached hydrogen (secondary N) is 1. The zero-order chi connectivity index (χ0) is 14.6. The first-order chi connectivity index (χ1) is 8.69. The summed E-state index contributed by atoms with van der Waals surface area (Å²) in [5.41, 5.74) is 0.583. The molecule has 1 aromatic carbocycles. The third-order valence-electron chi connectivity index (χ3n) is 2.29. The van der Waals surface area contributed by atoms with E-state index < -0.39 is 11.7 Å². The Bertz CT molecular complexity index is 493. The van der Waals surface area contributed by atoms with Gasteiger partial charge in [-0.1, -0.05) is 0 Å². The molecule has 0 saturated heterocycles. The van der Waals surface area contributed by atoms with E-state index in [4.69, 9.17) is 4.74 Å². The molecule has 104 valence electrons. The second-order valence-electron chi connectivity index (χ2n) is 5.33. The van der Waals surface area contributed by atoms with Crippen molar-refractivity contribution < 1.29 is 18.5 Å². The van der Waals surface area contributed by atoms with Gasteiger partial charge in [-0.3, -0.25) is 0 Å². The first-order valence-corrected chi connectivity index (χ1v) is 5.98. The van der Waals surface area contributed by atoms with Crippen LogP contribution in [0.15, 0.2) is 18.2 Å². The maximum Gasteiger partial charge on any atom is 0.407 e. The van der Waals surface area contributed by atoms with Crippen molar-refractivity contribution in [3.05, 3.63) is 29.6 Å². The number of rotatable bonds is 3. The Labute approximate surface area is 112 Å². The molecule has 1 aromatic rings. The van der Waals surface area contributed by atoms with Gasteiger partial charge in [0, 0.05) is 24.2 Å². The second-order valence-corrected chi connectivity index (χ2v) is 5.33. The molecule has 1 N–H and O–H groups in total. The summed E-state index contributed by atoms with van der Waals surface area (Å²) in [4.78, 5) is 11.5. The molecule has 0 heterocycles. The average Bonchev–Trinajstić information content (AvgIpc) is 2.25. The number of carbonyl (C=O) groups excluding carboxylic acids is 1. The van der Waals surface area contributed by atoms with Crippen LogP contribution in [0.1, 0.15) is 26.3 Å². The maximum absolute atomic E-state index is 13.6. The van der Waals surface area contributed by atoms with Crippen molar-refractivity contribution in [3.8, 4) is 0 Å². The van der Waals surface area contributed by atoms with Crippen molar-refractivity contribution in [2.24, 2.45) is 0 Å². The van der Waals surface area contributed by atoms with E-state index in [0.717, 1.165) is 5.69 Å². The number of carbonyl (C=O) groups is 1. The molecule has 0 atom stereocenters. The fourth-order valence-electron chi connectivity index (χ4n) is 1.42. The molecule has 1 amide bonds. The fourth-order valence-corrected chi connectivity index (χ4v) is 1.42. The number of amides is 1. The van der Waals surface area contributed by atoms with E-state index in [1.165, 1.54) is 6.07 Å². The minimum absolute atomic E-state index is 0.0719. The van der Waals surface area contributed by atoms with Gasteiger partial charge in [-0.15, -0.1) is 0 Å². The Morgan fingerprint density at radius 3 is 2.63 bits per heavy atom. The molecule has 0 aliphatic rings. The molecular weight excluding hydrogens is 247 g/mol. The van der Waals surface area contributed by atoms with Crippen molar-refractivity contribution in [1.82, 2.24) is 5.32 Å². The highest BCUT2D eigenvalue weighted by Gasteiger charge is 2.16. The Hall–Kier alpha value is -1.91. The van der Waals surface area contributed by atoms with Crippen LogP contribution in [-0.2, 0) is 11.3 Å². The Morgan fingerprint density at radius 1 is 1.47 bits per heavy atom. The molecule has 4 nitrogen and oxygen atoms in total. The van der Waals surface area contributed by atoms with Crippen molar-refractivity contribution in [2.75, 3.05) is 7.05 Å². The zero-order valence-corrected chi connectivity index (χ0v) is 11.8. The molecule has 0 aromatic heterocycles. The van der Waals surface area contributed by atoms with Crippen LogP contribution < -0.4 is 5.32 Å². The highest BCUT2D eigenvalue weighted by molar-refractivity contribution is 5.67. The van der Waals surface area contributed by atoms with Gasteiger partial charge in [0.1, 0.15) is 25.2 Å². The van der Waals surface area contributed by atoms with Crippen LogP contribution in [0.5, 0.6) is 0 Å². The molecule has 0 saturated carbocycles. The standard InChI is InChI=1S/C14H19FN2O2/c1-14(2,3)19-13(18)16-9-10-8-11(17(4)5)6-7-12(10)15/h6-8H,4,9H2,1-3,5H3/p+1. The van der Waals surface area contributed by atoms with Gasteiger partial charge in [0.15, 0.2) is 0 Å². The Balaban J connectivity index is 2.70. The Kier molecular flexibility index (Phi) is 4.64. The molecular formula is C14H20FN2O2+. The summed E-state index contributed by atoms with van der Waals surface area (Å²) < 4.78 is 20.3. The van der Waals surface area contributed by atoms with Gasteiger partial charge in [-0.05, 0) is 26.8 Å². The van der Waals surface area contributed by atoms with Gasteiger partial charge in [0.2, 0.25) is 5.69 Å². The normalized spacial score (nSPS) is 11.0. The first kappa shape index (κ1) is 15.1. The third kappa shape index (κ3) is 5.07. The molecule has 5 heteroatoms. The molecule has 0 spiro atoms. The van der Waals surface area contributed by atoms with E-state index in [9.17, 15) is 9.18 Å². The number of hydrogen-bond donors (Lipinski definition) is 1. The first-order valence-electron chi connectivity index (χ1n) is 5.98. The predicted molar refractivity (Wildman–Crippen MR) is 72.4 cm³/mol. The highest BCUT2D eigenvalue weighted by atomic mass is 19.1. The molecule has 0 radical (unpaired) electrons. The number of hydrogen-bond acceptors (Lipinski definition) is 2. The fraction of sp³-hybridized carbons (Fsp3) is 0.429. The van der Waals surface area contributed by atoms with Gasteiger partial charge in [-0.2, -0.15) is 0 Å². The van der Waals surface area contributed by atoms with Gasteiger partial charge < -0.3 is 10.1 Å². The van der Waals surface area contributed by atoms with Crippen LogP contribution in [0.2, 0.25) is 0 Å². The summed E-state index contributed by atoms with van der Waals surface area (Å²) in [6.45, 7) is 9.10. The Morgan fingerprint density at radius 2 is 2.11 bits per heavy atom. The molecule has 19 heavy (non-hydrogen) atoms. The average molecular weight is 267 g/mol. The SMILES string of the molecule is C=[N+](C)c1ccc(F)c(CNC(=O)OC(C)(C)C)c1. The van der Waals surface area contributed by atoms with Crippen molar-refractivity contribution in [3.63, 3.8) is 0 Å². The van der Waals surface area contributed by atoms with Crippen molar-refractivity contribution in [2.45, 2.75) is 32.9 Å². The molecule has 0 aliphatic heterocycles. The predicted octanol–water partition coefficient (Wildman–Crippen LogP) is 2.82. The molecule has 0 aliphatic carbocycles. The summed E-state index contributed by atoms with van der Waals surface area (Å²) in [5, 5.41) is 2.52. The van der Waals surface area contributed by atoms with Crippen molar-refractivity contribution in [1.29, 1.82) is 0 Å². The highest BCUT2D eigenvalue weighted by Crippen LogP contribution is 2.16. The van der Waals surface area contributed by atoms with Crippen LogP contribution in [0.3, 0.4) is 0 Å². The lowest BCUT2D eigenvalue weighted by Crippen LogP contribution is -2.32. The lowest BCUT2D eigenvalue weighted by atomic mass is 10.2. The van der Waals surface area contributed by atoms with E-state index in [-0.39, 0.29) is 12.4 Å². The van der Waals surface area contributed by atoms with Gasteiger partial charge in [-0.25, -0.2) is 13.8 Å². The molecule has 0 fully saturated rings.